The number of methoxy groups -OCH3 is 2. The van der Waals surface area contributed by atoms with Crippen LogP contribution in [0.25, 0.3) is 0 Å². The third kappa shape index (κ3) is 4.38. The zero-order valence-corrected chi connectivity index (χ0v) is 11.8. The van der Waals surface area contributed by atoms with Gasteiger partial charge in [0.25, 0.3) is 0 Å². The average Bonchev–Trinajstić information content (AvgIpc) is 3.25. The minimum atomic E-state index is -0.376. The van der Waals surface area contributed by atoms with Crippen LogP contribution in [-0.2, 0) is 30.3 Å². The van der Waals surface area contributed by atoms with Crippen molar-refractivity contribution in [3.63, 3.8) is 0 Å². The Bertz CT molecular complexity index is 416. The highest BCUT2D eigenvalue weighted by Crippen LogP contribution is 2.28. The topological polar surface area (TPSA) is 57.3 Å². The van der Waals surface area contributed by atoms with E-state index in [4.69, 9.17) is 18.9 Å². The second kappa shape index (κ2) is 7.50. The van der Waals surface area contributed by atoms with E-state index in [2.05, 4.69) is 0 Å². The average molecular weight is 280 g/mol. The molecule has 20 heavy (non-hydrogen) atoms. The van der Waals surface area contributed by atoms with Crippen LogP contribution in [-0.4, -0.2) is 45.1 Å². The van der Waals surface area contributed by atoms with Crippen molar-refractivity contribution in [2.45, 2.75) is 31.5 Å². The van der Waals surface area contributed by atoms with E-state index in [9.17, 15) is 4.79 Å². The lowest BCUT2D eigenvalue weighted by Gasteiger charge is -2.10. The summed E-state index contributed by atoms with van der Waals surface area (Å²) in [5, 5.41) is 0. The van der Waals surface area contributed by atoms with Crippen LogP contribution in [0.1, 0.15) is 12.0 Å². The highest BCUT2D eigenvalue weighted by molar-refractivity contribution is 5.87. The number of carbonyl (C=O) groups excluding carboxylic acids is 1. The molecule has 2 atom stereocenters. The van der Waals surface area contributed by atoms with E-state index < -0.39 is 0 Å². The Balaban J connectivity index is 1.64. The Morgan fingerprint density at radius 2 is 1.95 bits per heavy atom. The Labute approximate surface area is 118 Å². The third-order valence-electron chi connectivity index (χ3n) is 3.21. The van der Waals surface area contributed by atoms with Crippen LogP contribution in [0.5, 0.6) is 0 Å². The number of Topliss-reactive ketones (excluding diaryl/α,β-unsaturated/α-hetero) is 1. The zero-order valence-electron chi connectivity index (χ0n) is 11.8. The molecule has 1 fully saturated rings. The normalized spacial score (nSPS) is 21.1. The molecule has 0 radical (unpaired) electrons. The lowest BCUT2D eigenvalue weighted by atomic mass is 10.2. The van der Waals surface area contributed by atoms with Gasteiger partial charge in [0.2, 0.25) is 0 Å². The standard InChI is InChI=1S/C15H20O5/c1-17-14(18-2)8-13-15(20-13)12(16)10-19-9-11-6-4-3-5-7-11/h3-7,13-15H,8-10H2,1-2H3/t13-,15+/m1/s1. The van der Waals surface area contributed by atoms with Crippen LogP contribution in [0.2, 0.25) is 0 Å². The fraction of sp³-hybridized carbons (Fsp3) is 0.533. The summed E-state index contributed by atoms with van der Waals surface area (Å²) in [5.74, 6) is -0.0307. The van der Waals surface area contributed by atoms with Gasteiger partial charge in [-0.2, -0.15) is 0 Å². The summed E-state index contributed by atoms with van der Waals surface area (Å²) in [7, 11) is 3.13. The lowest BCUT2D eigenvalue weighted by molar-refractivity contribution is -0.125. The van der Waals surface area contributed by atoms with E-state index in [1.807, 2.05) is 30.3 Å². The Hall–Kier alpha value is -1.27. The van der Waals surface area contributed by atoms with Crippen molar-refractivity contribution in [3.05, 3.63) is 35.9 Å². The van der Waals surface area contributed by atoms with E-state index in [0.29, 0.717) is 13.0 Å². The molecule has 5 heteroatoms. The number of hydrogen-bond donors (Lipinski definition) is 0. The van der Waals surface area contributed by atoms with Crippen LogP contribution in [0.4, 0.5) is 0 Å². The van der Waals surface area contributed by atoms with Crippen molar-refractivity contribution in [2.24, 2.45) is 0 Å². The molecule has 0 unspecified atom stereocenters. The number of ketones is 1. The monoisotopic (exact) mass is 280 g/mol. The molecule has 1 aromatic rings. The van der Waals surface area contributed by atoms with Gasteiger partial charge < -0.3 is 18.9 Å². The van der Waals surface area contributed by atoms with Crippen molar-refractivity contribution in [1.29, 1.82) is 0 Å². The molecule has 1 aromatic carbocycles. The molecule has 1 aliphatic rings. The molecular formula is C15H20O5. The van der Waals surface area contributed by atoms with Crippen LogP contribution >= 0.6 is 0 Å². The van der Waals surface area contributed by atoms with Gasteiger partial charge in [-0.3, -0.25) is 4.79 Å². The number of carbonyl (C=O) groups is 1. The Kier molecular flexibility index (Phi) is 5.67. The maximum Gasteiger partial charge on any atom is 0.189 e. The molecular weight excluding hydrogens is 260 g/mol. The van der Waals surface area contributed by atoms with Gasteiger partial charge in [-0.05, 0) is 5.56 Å². The molecule has 0 bridgehead atoms. The third-order valence-corrected chi connectivity index (χ3v) is 3.21. The number of benzene rings is 1. The van der Waals surface area contributed by atoms with Crippen molar-refractivity contribution >= 4 is 5.78 Å². The van der Waals surface area contributed by atoms with Gasteiger partial charge >= 0.3 is 0 Å². The quantitative estimate of drug-likeness (QED) is 0.507. The van der Waals surface area contributed by atoms with Gasteiger partial charge in [-0.15, -0.1) is 0 Å². The van der Waals surface area contributed by atoms with Crippen molar-refractivity contribution in [1.82, 2.24) is 0 Å². The molecule has 0 amide bonds. The fourth-order valence-corrected chi connectivity index (χ4v) is 2.01. The summed E-state index contributed by atoms with van der Waals surface area (Å²) in [6, 6.07) is 9.75. The van der Waals surface area contributed by atoms with E-state index >= 15 is 0 Å². The molecule has 1 aliphatic heterocycles. The van der Waals surface area contributed by atoms with Gasteiger partial charge in [0.1, 0.15) is 12.7 Å². The van der Waals surface area contributed by atoms with Crippen LogP contribution in [0.3, 0.4) is 0 Å². The van der Waals surface area contributed by atoms with E-state index in [1.165, 1.54) is 0 Å². The second-order valence-corrected chi connectivity index (χ2v) is 4.68. The van der Waals surface area contributed by atoms with Crippen LogP contribution < -0.4 is 0 Å². The first-order valence-electron chi connectivity index (χ1n) is 6.60. The van der Waals surface area contributed by atoms with Crippen LogP contribution in [0, 0.1) is 0 Å². The van der Waals surface area contributed by atoms with Crippen molar-refractivity contribution < 1.29 is 23.7 Å². The molecule has 110 valence electrons. The predicted molar refractivity (Wildman–Crippen MR) is 72.2 cm³/mol. The zero-order chi connectivity index (χ0) is 14.4. The smallest absolute Gasteiger partial charge is 0.189 e. The lowest BCUT2D eigenvalue weighted by Crippen LogP contribution is -2.21. The molecule has 0 aliphatic carbocycles. The second-order valence-electron chi connectivity index (χ2n) is 4.68. The molecule has 2 rings (SSSR count). The summed E-state index contributed by atoms with van der Waals surface area (Å²) in [6.07, 6.45) is -0.267. The van der Waals surface area contributed by atoms with Gasteiger partial charge in [-0.1, -0.05) is 30.3 Å². The Morgan fingerprint density at radius 1 is 1.25 bits per heavy atom. The number of epoxide rings is 1. The van der Waals surface area contributed by atoms with E-state index in [1.54, 1.807) is 14.2 Å². The summed E-state index contributed by atoms with van der Waals surface area (Å²) >= 11 is 0. The minimum Gasteiger partial charge on any atom is -0.369 e. The van der Waals surface area contributed by atoms with E-state index in [0.717, 1.165) is 5.56 Å². The first kappa shape index (κ1) is 15.1. The summed E-state index contributed by atoms with van der Waals surface area (Å²) in [5.41, 5.74) is 1.05. The van der Waals surface area contributed by atoms with Crippen LogP contribution in [0.15, 0.2) is 30.3 Å². The molecule has 0 saturated carbocycles. The summed E-state index contributed by atoms with van der Waals surface area (Å²) in [6.45, 7) is 0.503. The molecule has 1 saturated heterocycles. The summed E-state index contributed by atoms with van der Waals surface area (Å²) < 4.78 is 20.9. The molecule has 0 N–H and O–H groups in total. The minimum absolute atomic E-state index is 0.0307. The first-order valence-corrected chi connectivity index (χ1v) is 6.60. The van der Waals surface area contributed by atoms with E-state index in [-0.39, 0.29) is 30.9 Å². The van der Waals surface area contributed by atoms with Gasteiger partial charge in [-0.25, -0.2) is 0 Å². The molecule has 5 nitrogen and oxygen atoms in total. The first-order chi connectivity index (χ1) is 9.74. The maximum atomic E-state index is 11.8. The Morgan fingerprint density at radius 3 is 2.60 bits per heavy atom. The number of rotatable bonds is 9. The predicted octanol–water partition coefficient (Wildman–Crippen LogP) is 1.55. The largest absolute Gasteiger partial charge is 0.369 e. The van der Waals surface area contributed by atoms with Gasteiger partial charge in [0.15, 0.2) is 12.1 Å². The highest BCUT2D eigenvalue weighted by atomic mass is 16.7. The van der Waals surface area contributed by atoms with Crippen molar-refractivity contribution in [2.75, 3.05) is 20.8 Å². The number of hydrogen-bond acceptors (Lipinski definition) is 5. The maximum absolute atomic E-state index is 11.8. The number of ether oxygens (including phenoxy) is 4. The molecule has 0 aromatic heterocycles. The highest BCUT2D eigenvalue weighted by Gasteiger charge is 2.45. The SMILES string of the molecule is COC(C[C@H]1O[C@H]1C(=O)COCc1ccccc1)OC. The van der Waals surface area contributed by atoms with Crippen molar-refractivity contribution in [3.8, 4) is 0 Å². The molecule has 0 spiro atoms. The van der Waals surface area contributed by atoms with Gasteiger partial charge in [0.05, 0.1) is 12.7 Å². The molecule has 1 heterocycles. The summed E-state index contributed by atoms with van der Waals surface area (Å²) in [4.78, 5) is 11.8. The fourth-order valence-electron chi connectivity index (χ4n) is 2.01. The van der Waals surface area contributed by atoms with Gasteiger partial charge in [0, 0.05) is 20.6 Å².